The van der Waals surface area contributed by atoms with Crippen LogP contribution in [0.15, 0.2) is 24.3 Å². The molecule has 0 heterocycles. The van der Waals surface area contributed by atoms with Crippen LogP contribution in [-0.4, -0.2) is 23.1 Å². The van der Waals surface area contributed by atoms with Crippen LogP contribution in [0.25, 0.3) is 0 Å². The SMILES string of the molecule is CCCCCCCCCCc1cc[c-]cc1.[Br-].[Mg+2]. The Balaban J connectivity index is 0. The van der Waals surface area contributed by atoms with Crippen LogP contribution in [0.1, 0.15) is 63.9 Å². The molecular weight excluding hydrogens is 296 g/mol. The first kappa shape index (κ1) is 20.8. The van der Waals surface area contributed by atoms with Gasteiger partial charge in [0.2, 0.25) is 0 Å². The minimum Gasteiger partial charge on any atom is -1.00 e. The van der Waals surface area contributed by atoms with E-state index in [1.807, 2.05) is 12.1 Å². The molecule has 0 N–H and O–H groups in total. The number of benzene rings is 1. The fourth-order valence-electron chi connectivity index (χ4n) is 2.05. The first-order chi connectivity index (χ1) is 7.93. The molecule has 0 bridgehead atoms. The van der Waals surface area contributed by atoms with Crippen LogP contribution in [-0.2, 0) is 6.42 Å². The molecule has 0 spiro atoms. The summed E-state index contributed by atoms with van der Waals surface area (Å²) in [4.78, 5) is 0. The van der Waals surface area contributed by atoms with E-state index in [0.29, 0.717) is 0 Å². The van der Waals surface area contributed by atoms with E-state index in [4.69, 9.17) is 0 Å². The van der Waals surface area contributed by atoms with Crippen molar-refractivity contribution in [2.24, 2.45) is 0 Å². The normalized spacial score (nSPS) is 9.39. The summed E-state index contributed by atoms with van der Waals surface area (Å²) in [5.74, 6) is 0. The van der Waals surface area contributed by atoms with Crippen molar-refractivity contribution in [2.75, 3.05) is 0 Å². The molecule has 0 atom stereocenters. The molecule has 0 aliphatic carbocycles. The van der Waals surface area contributed by atoms with E-state index in [-0.39, 0.29) is 40.0 Å². The van der Waals surface area contributed by atoms with Crippen LogP contribution in [0, 0.1) is 6.07 Å². The zero-order chi connectivity index (χ0) is 11.5. The second-order valence-electron chi connectivity index (χ2n) is 4.63. The minimum atomic E-state index is 0. The molecule has 1 rings (SSSR count). The smallest absolute Gasteiger partial charge is 1.00 e. The van der Waals surface area contributed by atoms with Crippen molar-refractivity contribution in [2.45, 2.75) is 64.7 Å². The van der Waals surface area contributed by atoms with Gasteiger partial charge in [0.25, 0.3) is 0 Å². The number of halogens is 1. The summed E-state index contributed by atoms with van der Waals surface area (Å²) in [5, 5.41) is 0. The van der Waals surface area contributed by atoms with Gasteiger partial charge in [0, 0.05) is 0 Å². The fraction of sp³-hybridized carbons (Fsp3) is 0.625. The van der Waals surface area contributed by atoms with E-state index in [1.165, 1.54) is 63.4 Å². The number of hydrogen-bond donors (Lipinski definition) is 0. The summed E-state index contributed by atoms with van der Waals surface area (Å²) < 4.78 is 0. The molecule has 0 radical (unpaired) electrons. The second-order valence-corrected chi connectivity index (χ2v) is 4.63. The number of hydrogen-bond acceptors (Lipinski definition) is 0. The fourth-order valence-corrected chi connectivity index (χ4v) is 2.05. The zero-order valence-electron chi connectivity index (χ0n) is 11.8. The van der Waals surface area contributed by atoms with Crippen LogP contribution in [0.5, 0.6) is 0 Å². The van der Waals surface area contributed by atoms with Gasteiger partial charge in [-0.1, -0.05) is 64.7 Å². The van der Waals surface area contributed by atoms with Crippen LogP contribution in [0.4, 0.5) is 0 Å². The monoisotopic (exact) mass is 320 g/mol. The number of unbranched alkanes of at least 4 members (excludes halogenated alkanes) is 7. The molecule has 0 aromatic heterocycles. The molecule has 0 saturated carbocycles. The summed E-state index contributed by atoms with van der Waals surface area (Å²) in [5.41, 5.74) is 1.46. The quantitative estimate of drug-likeness (QED) is 0.370. The third-order valence-corrected chi connectivity index (χ3v) is 3.11. The maximum absolute atomic E-state index is 3.06. The molecule has 0 amide bonds. The molecule has 1 aromatic carbocycles. The van der Waals surface area contributed by atoms with Gasteiger partial charge in [0.15, 0.2) is 0 Å². The summed E-state index contributed by atoms with van der Waals surface area (Å²) >= 11 is 0. The predicted molar refractivity (Wildman–Crippen MR) is 77.3 cm³/mol. The average Bonchev–Trinajstić information content (AvgIpc) is 2.34. The Morgan fingerprint density at radius 1 is 0.833 bits per heavy atom. The molecule has 2 heteroatoms. The Labute approximate surface area is 140 Å². The van der Waals surface area contributed by atoms with E-state index in [9.17, 15) is 0 Å². The summed E-state index contributed by atoms with van der Waals surface area (Å²) in [6, 6.07) is 11.5. The molecule has 0 aliphatic rings. The Morgan fingerprint density at radius 2 is 1.33 bits per heavy atom. The molecule has 0 saturated heterocycles. The summed E-state index contributed by atoms with van der Waals surface area (Å²) in [6.45, 7) is 2.28. The standard InChI is InChI=1S/C16H25.BrH.Mg/c1-2-3-4-5-6-7-8-10-13-16-14-11-9-12-15-16;;/h11-12,14-15H,2-8,10,13H2,1H3;1H;/q-1;;+2/p-1. The van der Waals surface area contributed by atoms with Gasteiger partial charge in [0.1, 0.15) is 0 Å². The summed E-state index contributed by atoms with van der Waals surface area (Å²) in [7, 11) is 0. The van der Waals surface area contributed by atoms with E-state index >= 15 is 0 Å². The van der Waals surface area contributed by atoms with Crippen LogP contribution < -0.4 is 17.0 Å². The first-order valence-electron chi connectivity index (χ1n) is 6.88. The van der Waals surface area contributed by atoms with E-state index in [2.05, 4.69) is 25.1 Å². The Morgan fingerprint density at radius 3 is 1.89 bits per heavy atom. The third-order valence-electron chi connectivity index (χ3n) is 3.11. The number of aryl methyl sites for hydroxylation is 1. The molecule has 0 aliphatic heterocycles. The van der Waals surface area contributed by atoms with Gasteiger partial charge in [0.05, 0.1) is 0 Å². The van der Waals surface area contributed by atoms with Gasteiger partial charge < -0.3 is 17.0 Å². The minimum absolute atomic E-state index is 0. The first-order valence-corrected chi connectivity index (χ1v) is 6.88. The van der Waals surface area contributed by atoms with E-state index < -0.39 is 0 Å². The van der Waals surface area contributed by atoms with Gasteiger partial charge in [-0.25, -0.2) is 0 Å². The molecule has 0 fully saturated rings. The van der Waals surface area contributed by atoms with Crippen molar-refractivity contribution in [1.82, 2.24) is 0 Å². The van der Waals surface area contributed by atoms with Gasteiger partial charge >= 0.3 is 23.1 Å². The van der Waals surface area contributed by atoms with E-state index in [0.717, 1.165) is 0 Å². The predicted octanol–water partition coefficient (Wildman–Crippen LogP) is 1.79. The maximum Gasteiger partial charge on any atom is 2.00 e. The Kier molecular flexibility index (Phi) is 17.9. The van der Waals surface area contributed by atoms with Crippen LogP contribution >= 0.6 is 0 Å². The molecule has 98 valence electrons. The van der Waals surface area contributed by atoms with Crippen molar-refractivity contribution in [1.29, 1.82) is 0 Å². The molecule has 0 nitrogen and oxygen atoms in total. The van der Waals surface area contributed by atoms with E-state index in [1.54, 1.807) is 0 Å². The van der Waals surface area contributed by atoms with Crippen molar-refractivity contribution in [3.8, 4) is 0 Å². The Hall–Kier alpha value is 0.466. The molecule has 1 aromatic rings. The van der Waals surface area contributed by atoms with Gasteiger partial charge in [-0.15, -0.1) is 0 Å². The van der Waals surface area contributed by atoms with Gasteiger partial charge in [-0.05, 0) is 0 Å². The van der Waals surface area contributed by atoms with Crippen LogP contribution in [0.2, 0.25) is 0 Å². The molecular formula is C16H25BrMg. The maximum atomic E-state index is 3.06. The Bertz CT molecular complexity index is 249. The van der Waals surface area contributed by atoms with Crippen molar-refractivity contribution >= 4 is 23.1 Å². The van der Waals surface area contributed by atoms with Gasteiger partial charge in [-0.3, -0.25) is 0 Å². The van der Waals surface area contributed by atoms with Crippen LogP contribution in [0.3, 0.4) is 0 Å². The van der Waals surface area contributed by atoms with Gasteiger partial charge in [-0.2, -0.15) is 35.9 Å². The third kappa shape index (κ3) is 11.6. The molecule has 18 heavy (non-hydrogen) atoms. The largest absolute Gasteiger partial charge is 2.00 e. The average molecular weight is 322 g/mol. The van der Waals surface area contributed by atoms with Crippen molar-refractivity contribution in [3.05, 3.63) is 35.9 Å². The topological polar surface area (TPSA) is 0 Å². The van der Waals surface area contributed by atoms with Crippen molar-refractivity contribution < 1.29 is 17.0 Å². The molecule has 0 unspecified atom stereocenters. The zero-order valence-corrected chi connectivity index (χ0v) is 14.8. The van der Waals surface area contributed by atoms with Crippen molar-refractivity contribution in [3.63, 3.8) is 0 Å². The number of rotatable bonds is 9. The second kappa shape index (κ2) is 15.5. The summed E-state index contributed by atoms with van der Waals surface area (Å²) in [6.07, 6.45) is 12.5.